The molecule has 0 unspecified atom stereocenters. The van der Waals surface area contributed by atoms with Gasteiger partial charge in [0.1, 0.15) is 0 Å². The standard InChI is InChI=1S/C22H27N3O/c1-15(2)20(23)22(26)25-13-11-24(12-14-25)21-18-9-5-3-7-16(18)17-8-4-6-10-19(17)21/h3-10,15,20-21H,11-14,23H2,1-2H3/t20-/m0/s1. The molecule has 4 nitrogen and oxygen atoms in total. The van der Waals surface area contributed by atoms with Crippen molar-refractivity contribution in [1.82, 2.24) is 9.80 Å². The van der Waals surface area contributed by atoms with Crippen LogP contribution >= 0.6 is 0 Å². The van der Waals surface area contributed by atoms with Crippen LogP contribution < -0.4 is 5.73 Å². The van der Waals surface area contributed by atoms with Crippen LogP contribution in [0.2, 0.25) is 0 Å². The van der Waals surface area contributed by atoms with Crippen LogP contribution in [0.3, 0.4) is 0 Å². The molecule has 26 heavy (non-hydrogen) atoms. The Balaban J connectivity index is 1.54. The molecule has 1 saturated heterocycles. The molecule has 136 valence electrons. The second-order valence-corrected chi connectivity index (χ2v) is 7.71. The molecule has 0 aromatic heterocycles. The third-order valence-electron chi connectivity index (χ3n) is 5.80. The summed E-state index contributed by atoms with van der Waals surface area (Å²) in [6, 6.07) is 17.3. The second kappa shape index (κ2) is 6.86. The van der Waals surface area contributed by atoms with Gasteiger partial charge in [-0.2, -0.15) is 0 Å². The number of nitrogens with zero attached hydrogens (tertiary/aromatic N) is 2. The lowest BCUT2D eigenvalue weighted by atomic mass is 10.0. The number of hydrogen-bond donors (Lipinski definition) is 1. The molecule has 0 spiro atoms. The predicted molar refractivity (Wildman–Crippen MR) is 105 cm³/mol. The Morgan fingerprint density at radius 3 is 1.92 bits per heavy atom. The minimum atomic E-state index is -0.394. The van der Waals surface area contributed by atoms with E-state index in [4.69, 9.17) is 5.73 Å². The number of rotatable bonds is 3. The molecule has 2 aliphatic rings. The van der Waals surface area contributed by atoms with Gasteiger partial charge in [-0.3, -0.25) is 9.69 Å². The predicted octanol–water partition coefficient (Wildman–Crippen LogP) is 2.88. The highest BCUT2D eigenvalue weighted by Crippen LogP contribution is 2.46. The van der Waals surface area contributed by atoms with Crippen molar-refractivity contribution < 1.29 is 4.79 Å². The Labute approximate surface area is 155 Å². The zero-order chi connectivity index (χ0) is 18.3. The first-order valence-electron chi connectivity index (χ1n) is 9.54. The molecule has 1 aliphatic heterocycles. The molecule has 1 amide bonds. The molecule has 4 rings (SSSR count). The van der Waals surface area contributed by atoms with Crippen LogP contribution in [0.15, 0.2) is 48.5 Å². The number of hydrogen-bond acceptors (Lipinski definition) is 3. The van der Waals surface area contributed by atoms with E-state index in [-0.39, 0.29) is 11.8 Å². The lowest BCUT2D eigenvalue weighted by molar-refractivity contribution is -0.135. The minimum absolute atomic E-state index is 0.0897. The third-order valence-corrected chi connectivity index (χ3v) is 5.80. The van der Waals surface area contributed by atoms with Crippen LogP contribution in [0, 0.1) is 5.92 Å². The van der Waals surface area contributed by atoms with E-state index in [0.717, 1.165) is 26.2 Å². The van der Waals surface area contributed by atoms with E-state index in [9.17, 15) is 4.79 Å². The summed E-state index contributed by atoms with van der Waals surface area (Å²) in [7, 11) is 0. The number of carbonyl (C=O) groups excluding carboxylic acids is 1. The van der Waals surface area contributed by atoms with Gasteiger partial charge in [0, 0.05) is 26.2 Å². The summed E-state index contributed by atoms with van der Waals surface area (Å²) in [5, 5.41) is 0. The molecule has 1 heterocycles. The number of fused-ring (bicyclic) bond motifs is 3. The van der Waals surface area contributed by atoms with Gasteiger partial charge in [-0.1, -0.05) is 62.4 Å². The van der Waals surface area contributed by atoms with Gasteiger partial charge in [0.25, 0.3) is 0 Å². The van der Waals surface area contributed by atoms with Crippen molar-refractivity contribution in [1.29, 1.82) is 0 Å². The normalized spacial score (nSPS) is 18.7. The average Bonchev–Trinajstić information content (AvgIpc) is 3.01. The fourth-order valence-corrected chi connectivity index (χ4v) is 4.22. The van der Waals surface area contributed by atoms with Gasteiger partial charge in [-0.15, -0.1) is 0 Å². The summed E-state index contributed by atoms with van der Waals surface area (Å²) in [6.07, 6.45) is 0. The minimum Gasteiger partial charge on any atom is -0.339 e. The first-order valence-corrected chi connectivity index (χ1v) is 9.54. The van der Waals surface area contributed by atoms with Crippen LogP contribution in [0.25, 0.3) is 11.1 Å². The summed E-state index contributed by atoms with van der Waals surface area (Å²) in [5.41, 5.74) is 11.5. The molecule has 1 aliphatic carbocycles. The summed E-state index contributed by atoms with van der Waals surface area (Å²) in [6.45, 7) is 7.27. The Morgan fingerprint density at radius 2 is 1.42 bits per heavy atom. The molecular formula is C22H27N3O. The molecule has 2 aromatic rings. The maximum atomic E-state index is 12.5. The van der Waals surface area contributed by atoms with Crippen molar-refractivity contribution >= 4 is 5.91 Å². The first-order chi connectivity index (χ1) is 12.6. The highest BCUT2D eigenvalue weighted by molar-refractivity contribution is 5.82. The van der Waals surface area contributed by atoms with Crippen LogP contribution in [0.5, 0.6) is 0 Å². The fraction of sp³-hybridized carbons (Fsp3) is 0.409. The van der Waals surface area contributed by atoms with Crippen molar-refractivity contribution in [3.8, 4) is 11.1 Å². The van der Waals surface area contributed by atoms with Crippen LogP contribution in [0.1, 0.15) is 31.0 Å². The van der Waals surface area contributed by atoms with Crippen molar-refractivity contribution in [3.63, 3.8) is 0 Å². The SMILES string of the molecule is CC(C)[C@H](N)C(=O)N1CCN(C2c3ccccc3-c3ccccc32)CC1. The summed E-state index contributed by atoms with van der Waals surface area (Å²) in [5.74, 6) is 0.265. The zero-order valence-electron chi connectivity index (χ0n) is 15.6. The van der Waals surface area contributed by atoms with Gasteiger partial charge in [-0.25, -0.2) is 0 Å². The monoisotopic (exact) mass is 349 g/mol. The number of nitrogens with two attached hydrogens (primary N) is 1. The van der Waals surface area contributed by atoms with Crippen LogP contribution in [-0.2, 0) is 4.79 Å². The Bertz CT molecular complexity index is 763. The van der Waals surface area contributed by atoms with E-state index in [1.807, 2.05) is 18.7 Å². The van der Waals surface area contributed by atoms with Crippen molar-refractivity contribution in [2.45, 2.75) is 25.9 Å². The molecule has 1 atom stereocenters. The lowest BCUT2D eigenvalue weighted by Gasteiger charge is -2.39. The lowest BCUT2D eigenvalue weighted by Crippen LogP contribution is -2.54. The molecule has 4 heteroatoms. The van der Waals surface area contributed by atoms with Crippen LogP contribution in [-0.4, -0.2) is 47.9 Å². The first kappa shape index (κ1) is 17.3. The van der Waals surface area contributed by atoms with Gasteiger partial charge in [-0.05, 0) is 28.2 Å². The Morgan fingerprint density at radius 1 is 0.923 bits per heavy atom. The largest absolute Gasteiger partial charge is 0.339 e. The molecular weight excluding hydrogens is 322 g/mol. The van der Waals surface area contributed by atoms with E-state index in [1.165, 1.54) is 22.3 Å². The van der Waals surface area contributed by atoms with Crippen molar-refractivity contribution in [3.05, 3.63) is 59.7 Å². The summed E-state index contributed by atoms with van der Waals surface area (Å²) in [4.78, 5) is 17.0. The number of carbonyl (C=O) groups is 1. The van der Waals surface area contributed by atoms with Crippen molar-refractivity contribution in [2.75, 3.05) is 26.2 Å². The van der Waals surface area contributed by atoms with Gasteiger partial charge in [0.2, 0.25) is 5.91 Å². The highest BCUT2D eigenvalue weighted by Gasteiger charge is 2.35. The van der Waals surface area contributed by atoms with Gasteiger partial charge < -0.3 is 10.6 Å². The second-order valence-electron chi connectivity index (χ2n) is 7.71. The highest BCUT2D eigenvalue weighted by atomic mass is 16.2. The van der Waals surface area contributed by atoms with Gasteiger partial charge in [0.15, 0.2) is 0 Å². The quantitative estimate of drug-likeness (QED) is 0.927. The molecule has 2 aromatic carbocycles. The summed E-state index contributed by atoms with van der Waals surface area (Å²) >= 11 is 0. The maximum Gasteiger partial charge on any atom is 0.239 e. The number of benzene rings is 2. The van der Waals surface area contributed by atoms with E-state index < -0.39 is 6.04 Å². The van der Waals surface area contributed by atoms with E-state index in [1.54, 1.807) is 0 Å². The van der Waals surface area contributed by atoms with E-state index in [0.29, 0.717) is 6.04 Å². The molecule has 0 bridgehead atoms. The Kier molecular flexibility index (Phi) is 4.55. The average molecular weight is 349 g/mol. The smallest absolute Gasteiger partial charge is 0.239 e. The Hall–Kier alpha value is -2.17. The molecule has 0 saturated carbocycles. The molecule has 0 radical (unpaired) electrons. The third kappa shape index (κ3) is 2.83. The molecule has 2 N–H and O–H groups in total. The summed E-state index contributed by atoms with van der Waals surface area (Å²) < 4.78 is 0. The topological polar surface area (TPSA) is 49.6 Å². The zero-order valence-corrected chi connectivity index (χ0v) is 15.6. The van der Waals surface area contributed by atoms with Crippen molar-refractivity contribution in [2.24, 2.45) is 11.7 Å². The van der Waals surface area contributed by atoms with E-state index in [2.05, 4.69) is 53.4 Å². The number of amides is 1. The van der Waals surface area contributed by atoms with E-state index >= 15 is 0 Å². The molecule has 1 fully saturated rings. The van der Waals surface area contributed by atoms with Gasteiger partial charge in [0.05, 0.1) is 12.1 Å². The number of piperazine rings is 1. The maximum absolute atomic E-state index is 12.5. The van der Waals surface area contributed by atoms with Gasteiger partial charge >= 0.3 is 0 Å². The fourth-order valence-electron chi connectivity index (χ4n) is 4.22. The van der Waals surface area contributed by atoms with Crippen LogP contribution in [0.4, 0.5) is 0 Å².